The van der Waals surface area contributed by atoms with Crippen LogP contribution in [0.2, 0.25) is 0 Å². The summed E-state index contributed by atoms with van der Waals surface area (Å²) in [7, 11) is 3.48. The third-order valence-electron chi connectivity index (χ3n) is 4.00. The predicted octanol–water partition coefficient (Wildman–Crippen LogP) is 2.83. The summed E-state index contributed by atoms with van der Waals surface area (Å²) in [6.45, 7) is 3.63. The number of hydrogen-bond acceptors (Lipinski definition) is 2. The molecule has 2 aromatic rings. The monoisotopic (exact) mass is 370 g/mol. The molecule has 0 unspecified atom stereocenters. The average Bonchev–Trinajstić information content (AvgIpc) is 2.66. The molecule has 0 saturated carbocycles. The summed E-state index contributed by atoms with van der Waals surface area (Å²) in [6.07, 6.45) is 0.749. The molecule has 0 radical (unpaired) electrons. The maximum absolute atomic E-state index is 13.7. The molecule has 2 N–H and O–H groups in total. The largest absolute Gasteiger partial charge is 0.357 e. The summed E-state index contributed by atoms with van der Waals surface area (Å²) < 4.78 is 13.7. The van der Waals surface area contributed by atoms with Gasteiger partial charge in [-0.15, -0.1) is 0 Å². The minimum Gasteiger partial charge on any atom is -0.357 e. The van der Waals surface area contributed by atoms with Crippen molar-refractivity contribution in [3.8, 4) is 0 Å². The first kappa shape index (κ1) is 20.4. The Balaban J connectivity index is 1.94. The lowest BCUT2D eigenvalue weighted by Crippen LogP contribution is -2.38. The van der Waals surface area contributed by atoms with Crippen molar-refractivity contribution < 1.29 is 9.18 Å². The van der Waals surface area contributed by atoms with E-state index in [4.69, 9.17) is 0 Å². The zero-order valence-electron chi connectivity index (χ0n) is 16.1. The minimum absolute atomic E-state index is 0.00963. The van der Waals surface area contributed by atoms with E-state index in [2.05, 4.69) is 15.6 Å². The molecule has 0 bridgehead atoms. The van der Waals surface area contributed by atoms with Gasteiger partial charge in [-0.1, -0.05) is 30.3 Å². The molecule has 6 heteroatoms. The smallest absolute Gasteiger partial charge is 0.253 e. The number of carbonyl (C=O) groups is 1. The number of nitrogens with one attached hydrogen (secondary N) is 2. The molecule has 144 valence electrons. The van der Waals surface area contributed by atoms with Gasteiger partial charge in [0, 0.05) is 38.3 Å². The molecule has 0 heterocycles. The van der Waals surface area contributed by atoms with Crippen LogP contribution >= 0.6 is 0 Å². The second-order valence-corrected chi connectivity index (χ2v) is 6.36. The summed E-state index contributed by atoms with van der Waals surface area (Å²) in [4.78, 5) is 18.1. The lowest BCUT2D eigenvalue weighted by atomic mass is 10.1. The van der Waals surface area contributed by atoms with E-state index in [0.29, 0.717) is 23.6 Å². The standard InChI is InChI=1S/C21H27FN4O/c1-4-23-21(25-15-18-9-5-6-11-19(18)22)24-13-12-16-8-7-10-17(14-16)20(27)26(2)3/h5-11,14H,4,12-13,15H2,1-3H3,(H2,23,24,25). The van der Waals surface area contributed by atoms with Crippen LogP contribution in [0.3, 0.4) is 0 Å². The van der Waals surface area contributed by atoms with E-state index in [1.54, 1.807) is 37.2 Å². The molecule has 0 spiro atoms. The van der Waals surface area contributed by atoms with Gasteiger partial charge in [-0.3, -0.25) is 4.79 Å². The maximum Gasteiger partial charge on any atom is 0.253 e. The predicted molar refractivity (Wildman–Crippen MR) is 107 cm³/mol. The van der Waals surface area contributed by atoms with Crippen molar-refractivity contribution in [2.45, 2.75) is 19.9 Å². The van der Waals surface area contributed by atoms with Gasteiger partial charge in [0.2, 0.25) is 0 Å². The first-order valence-corrected chi connectivity index (χ1v) is 9.07. The van der Waals surface area contributed by atoms with Gasteiger partial charge in [0.1, 0.15) is 5.82 Å². The Labute approximate surface area is 160 Å². The van der Waals surface area contributed by atoms with E-state index in [-0.39, 0.29) is 18.3 Å². The summed E-state index contributed by atoms with van der Waals surface area (Å²) in [5, 5.41) is 6.41. The van der Waals surface area contributed by atoms with Crippen LogP contribution in [0, 0.1) is 5.82 Å². The Morgan fingerprint density at radius 3 is 2.59 bits per heavy atom. The van der Waals surface area contributed by atoms with Crippen LogP contribution in [-0.4, -0.2) is 44.0 Å². The Hall–Kier alpha value is -2.89. The van der Waals surface area contributed by atoms with Crippen molar-refractivity contribution in [1.82, 2.24) is 15.5 Å². The van der Waals surface area contributed by atoms with Crippen molar-refractivity contribution >= 4 is 11.9 Å². The Kier molecular flexibility index (Phi) is 7.79. The van der Waals surface area contributed by atoms with Crippen LogP contribution < -0.4 is 10.6 Å². The number of halogens is 1. The van der Waals surface area contributed by atoms with Crippen molar-refractivity contribution in [2.75, 3.05) is 27.2 Å². The van der Waals surface area contributed by atoms with Crippen LogP contribution in [0.1, 0.15) is 28.4 Å². The second kappa shape index (κ2) is 10.3. The van der Waals surface area contributed by atoms with Gasteiger partial charge >= 0.3 is 0 Å². The van der Waals surface area contributed by atoms with E-state index in [1.165, 1.54) is 6.07 Å². The SMILES string of the molecule is CCNC(=NCc1ccccc1F)NCCc1cccc(C(=O)N(C)C)c1. The average molecular weight is 370 g/mol. The van der Waals surface area contributed by atoms with E-state index in [0.717, 1.165) is 18.5 Å². The summed E-state index contributed by atoms with van der Waals surface area (Å²) in [6, 6.07) is 14.3. The zero-order chi connectivity index (χ0) is 19.6. The first-order valence-electron chi connectivity index (χ1n) is 9.07. The van der Waals surface area contributed by atoms with Gasteiger partial charge in [0.05, 0.1) is 6.54 Å². The quantitative estimate of drug-likeness (QED) is 0.582. The molecule has 2 aromatic carbocycles. The van der Waals surface area contributed by atoms with Gasteiger partial charge < -0.3 is 15.5 Å². The number of nitrogens with zero attached hydrogens (tertiary/aromatic N) is 2. The fourth-order valence-corrected chi connectivity index (χ4v) is 2.58. The summed E-state index contributed by atoms with van der Waals surface area (Å²) in [5.74, 6) is 0.380. The van der Waals surface area contributed by atoms with Crippen molar-refractivity contribution in [3.63, 3.8) is 0 Å². The number of hydrogen-bond donors (Lipinski definition) is 2. The lowest BCUT2D eigenvalue weighted by Gasteiger charge is -2.13. The van der Waals surface area contributed by atoms with Crippen LogP contribution in [0.4, 0.5) is 4.39 Å². The minimum atomic E-state index is -0.250. The third kappa shape index (κ3) is 6.40. The fourth-order valence-electron chi connectivity index (χ4n) is 2.58. The van der Waals surface area contributed by atoms with E-state index in [9.17, 15) is 9.18 Å². The van der Waals surface area contributed by atoms with Gasteiger partial charge in [0.25, 0.3) is 5.91 Å². The van der Waals surface area contributed by atoms with E-state index < -0.39 is 0 Å². The van der Waals surface area contributed by atoms with Crippen LogP contribution in [0.25, 0.3) is 0 Å². The molecule has 27 heavy (non-hydrogen) atoms. The number of rotatable bonds is 7. The summed E-state index contributed by atoms with van der Waals surface area (Å²) in [5.41, 5.74) is 2.31. The van der Waals surface area contributed by atoms with Gasteiger partial charge in [-0.05, 0) is 37.1 Å². The third-order valence-corrected chi connectivity index (χ3v) is 4.00. The number of benzene rings is 2. The molecule has 2 rings (SSSR count). The molecule has 0 aliphatic rings. The Morgan fingerprint density at radius 1 is 1.11 bits per heavy atom. The molecule has 0 aliphatic heterocycles. The second-order valence-electron chi connectivity index (χ2n) is 6.36. The molecular weight excluding hydrogens is 343 g/mol. The lowest BCUT2D eigenvalue weighted by molar-refractivity contribution is 0.0827. The molecule has 0 aliphatic carbocycles. The Bertz CT molecular complexity index is 789. The topological polar surface area (TPSA) is 56.7 Å². The molecule has 0 saturated heterocycles. The highest BCUT2D eigenvalue weighted by atomic mass is 19.1. The highest BCUT2D eigenvalue weighted by molar-refractivity contribution is 5.94. The van der Waals surface area contributed by atoms with Gasteiger partial charge in [0.15, 0.2) is 5.96 Å². The highest BCUT2D eigenvalue weighted by Crippen LogP contribution is 2.08. The van der Waals surface area contributed by atoms with Crippen LogP contribution in [0.5, 0.6) is 0 Å². The van der Waals surface area contributed by atoms with Crippen molar-refractivity contribution in [2.24, 2.45) is 4.99 Å². The molecule has 5 nitrogen and oxygen atoms in total. The molecule has 1 amide bonds. The number of aliphatic imine (C=N–C) groups is 1. The Morgan fingerprint density at radius 2 is 1.89 bits per heavy atom. The fraction of sp³-hybridized carbons (Fsp3) is 0.333. The van der Waals surface area contributed by atoms with E-state index in [1.807, 2.05) is 31.2 Å². The number of guanidine groups is 1. The maximum atomic E-state index is 13.7. The molecule has 0 fully saturated rings. The van der Waals surface area contributed by atoms with Crippen molar-refractivity contribution in [3.05, 3.63) is 71.0 Å². The molecule has 0 atom stereocenters. The number of carbonyl (C=O) groups excluding carboxylic acids is 1. The van der Waals surface area contributed by atoms with Gasteiger partial charge in [-0.2, -0.15) is 0 Å². The molecular formula is C21H27FN4O. The molecule has 0 aromatic heterocycles. The summed E-state index contributed by atoms with van der Waals surface area (Å²) >= 11 is 0. The zero-order valence-corrected chi connectivity index (χ0v) is 16.1. The first-order chi connectivity index (χ1) is 13.0. The van der Waals surface area contributed by atoms with Crippen LogP contribution in [0.15, 0.2) is 53.5 Å². The van der Waals surface area contributed by atoms with E-state index >= 15 is 0 Å². The van der Waals surface area contributed by atoms with Gasteiger partial charge in [-0.25, -0.2) is 9.38 Å². The van der Waals surface area contributed by atoms with Crippen LogP contribution in [-0.2, 0) is 13.0 Å². The van der Waals surface area contributed by atoms with Crippen molar-refractivity contribution in [1.29, 1.82) is 0 Å². The normalized spacial score (nSPS) is 11.2. The number of amides is 1. The highest BCUT2D eigenvalue weighted by Gasteiger charge is 2.08.